The monoisotopic (exact) mass is 205 g/mol. The molecular weight excluding hydrogens is 190 g/mol. The van der Waals surface area contributed by atoms with Gasteiger partial charge in [0.2, 0.25) is 0 Å². The molecule has 0 bridgehead atoms. The average Bonchev–Trinajstić information content (AvgIpc) is 2.22. The van der Waals surface area contributed by atoms with Gasteiger partial charge >= 0.3 is 0 Å². The summed E-state index contributed by atoms with van der Waals surface area (Å²) in [5.74, 6) is 0.520. The van der Waals surface area contributed by atoms with E-state index in [0.29, 0.717) is 25.3 Å². The van der Waals surface area contributed by atoms with Crippen molar-refractivity contribution < 1.29 is 4.79 Å². The van der Waals surface area contributed by atoms with Gasteiger partial charge in [-0.05, 0) is 6.07 Å². The summed E-state index contributed by atoms with van der Waals surface area (Å²) in [6.07, 6.45) is 3.65. The standard InChI is InChI=1S/C11H15N3O/c1-2-5-13-8-10(15)7-9-4-3-6-14-11(9)12/h2-4,6,13H,1,5,7-8H2,(H2,12,14). The molecular formula is C11H15N3O. The molecule has 0 saturated carbocycles. The molecule has 0 radical (unpaired) electrons. The third-order valence-corrected chi connectivity index (χ3v) is 1.92. The molecule has 15 heavy (non-hydrogen) atoms. The van der Waals surface area contributed by atoms with Crippen LogP contribution >= 0.6 is 0 Å². The zero-order valence-corrected chi connectivity index (χ0v) is 8.57. The van der Waals surface area contributed by atoms with E-state index in [1.165, 1.54) is 0 Å². The SMILES string of the molecule is C=CCNCC(=O)Cc1cccnc1N. The number of Topliss-reactive ketones (excluding diaryl/α,β-unsaturated/α-hetero) is 1. The number of rotatable bonds is 6. The van der Waals surface area contributed by atoms with Crippen LogP contribution in [0.5, 0.6) is 0 Å². The van der Waals surface area contributed by atoms with Crippen LogP contribution in [-0.2, 0) is 11.2 Å². The van der Waals surface area contributed by atoms with E-state index in [-0.39, 0.29) is 5.78 Å². The highest BCUT2D eigenvalue weighted by Gasteiger charge is 2.05. The summed E-state index contributed by atoms with van der Waals surface area (Å²) < 4.78 is 0. The lowest BCUT2D eigenvalue weighted by molar-refractivity contribution is -0.117. The van der Waals surface area contributed by atoms with E-state index in [2.05, 4.69) is 16.9 Å². The van der Waals surface area contributed by atoms with E-state index in [0.717, 1.165) is 5.56 Å². The van der Waals surface area contributed by atoms with E-state index in [9.17, 15) is 4.79 Å². The molecule has 0 atom stereocenters. The largest absolute Gasteiger partial charge is 0.383 e. The van der Waals surface area contributed by atoms with Crippen LogP contribution in [0.2, 0.25) is 0 Å². The number of nitrogen functional groups attached to an aromatic ring is 1. The molecule has 0 amide bonds. The van der Waals surface area contributed by atoms with Crippen LogP contribution in [0.1, 0.15) is 5.56 Å². The number of nitrogens with zero attached hydrogens (tertiary/aromatic N) is 1. The van der Waals surface area contributed by atoms with Crippen molar-refractivity contribution in [2.75, 3.05) is 18.8 Å². The van der Waals surface area contributed by atoms with Gasteiger partial charge in [-0.2, -0.15) is 0 Å². The maximum atomic E-state index is 11.5. The molecule has 0 aliphatic heterocycles. The Kier molecular flexibility index (Phi) is 4.50. The molecule has 3 N–H and O–H groups in total. The van der Waals surface area contributed by atoms with E-state index < -0.39 is 0 Å². The Bertz CT molecular complexity index is 349. The molecule has 4 nitrogen and oxygen atoms in total. The molecule has 1 rings (SSSR count). The summed E-state index contributed by atoms with van der Waals surface area (Å²) in [5, 5.41) is 2.95. The molecule has 0 aromatic carbocycles. The van der Waals surface area contributed by atoms with Crippen LogP contribution in [0.4, 0.5) is 5.82 Å². The first kappa shape index (κ1) is 11.4. The van der Waals surface area contributed by atoms with Gasteiger partial charge in [-0.1, -0.05) is 12.1 Å². The predicted octanol–water partition coefficient (Wildman–Crippen LogP) is 0.551. The zero-order chi connectivity index (χ0) is 11.1. The third kappa shape index (κ3) is 3.91. The summed E-state index contributed by atoms with van der Waals surface area (Å²) in [5.41, 5.74) is 6.40. The van der Waals surface area contributed by atoms with Gasteiger partial charge in [-0.25, -0.2) is 4.98 Å². The Balaban J connectivity index is 2.44. The molecule has 0 saturated heterocycles. The van der Waals surface area contributed by atoms with Gasteiger partial charge in [-0.15, -0.1) is 6.58 Å². The van der Waals surface area contributed by atoms with Gasteiger partial charge < -0.3 is 11.1 Å². The molecule has 1 heterocycles. The summed E-state index contributed by atoms with van der Waals surface area (Å²) in [4.78, 5) is 15.4. The fourth-order valence-electron chi connectivity index (χ4n) is 1.19. The summed E-state index contributed by atoms with van der Waals surface area (Å²) in [6, 6.07) is 3.59. The van der Waals surface area contributed by atoms with Gasteiger partial charge in [0, 0.05) is 24.7 Å². The van der Waals surface area contributed by atoms with Crippen LogP contribution in [0.3, 0.4) is 0 Å². The van der Waals surface area contributed by atoms with Gasteiger partial charge in [-0.3, -0.25) is 4.79 Å². The Labute approximate surface area is 89.2 Å². The number of hydrogen-bond acceptors (Lipinski definition) is 4. The van der Waals surface area contributed by atoms with Crippen molar-refractivity contribution in [3.8, 4) is 0 Å². The first-order valence-electron chi connectivity index (χ1n) is 4.76. The van der Waals surface area contributed by atoms with E-state index in [4.69, 9.17) is 5.73 Å². The molecule has 0 unspecified atom stereocenters. The number of carbonyl (C=O) groups excluding carboxylic acids is 1. The van der Waals surface area contributed by atoms with Crippen LogP contribution in [0, 0.1) is 0 Å². The quantitative estimate of drug-likeness (QED) is 0.525. The Morgan fingerprint density at radius 1 is 1.67 bits per heavy atom. The van der Waals surface area contributed by atoms with Gasteiger partial charge in [0.15, 0.2) is 5.78 Å². The average molecular weight is 205 g/mol. The van der Waals surface area contributed by atoms with Crippen molar-refractivity contribution in [1.29, 1.82) is 0 Å². The fraction of sp³-hybridized carbons (Fsp3) is 0.273. The maximum absolute atomic E-state index is 11.5. The van der Waals surface area contributed by atoms with Gasteiger partial charge in [0.1, 0.15) is 5.82 Å². The molecule has 80 valence electrons. The number of nitrogens with two attached hydrogens (primary N) is 1. The molecule has 0 spiro atoms. The van der Waals surface area contributed by atoms with Crippen molar-refractivity contribution in [1.82, 2.24) is 10.3 Å². The smallest absolute Gasteiger partial charge is 0.151 e. The number of aromatic nitrogens is 1. The lowest BCUT2D eigenvalue weighted by Crippen LogP contribution is -2.24. The minimum Gasteiger partial charge on any atom is -0.383 e. The number of hydrogen-bond donors (Lipinski definition) is 2. The van der Waals surface area contributed by atoms with Gasteiger partial charge in [0.05, 0.1) is 6.54 Å². The summed E-state index contributed by atoms with van der Waals surface area (Å²) in [7, 11) is 0. The molecule has 0 fully saturated rings. The molecule has 0 aliphatic rings. The number of pyridine rings is 1. The second-order valence-corrected chi connectivity index (χ2v) is 3.18. The van der Waals surface area contributed by atoms with E-state index in [1.807, 2.05) is 6.07 Å². The topological polar surface area (TPSA) is 68.0 Å². The number of anilines is 1. The lowest BCUT2D eigenvalue weighted by atomic mass is 10.1. The minimum absolute atomic E-state index is 0.0940. The van der Waals surface area contributed by atoms with E-state index >= 15 is 0 Å². The predicted molar refractivity (Wildman–Crippen MR) is 60.4 cm³/mol. The first-order valence-corrected chi connectivity index (χ1v) is 4.76. The van der Waals surface area contributed by atoms with Crippen LogP contribution in [0.15, 0.2) is 31.0 Å². The number of carbonyl (C=O) groups is 1. The van der Waals surface area contributed by atoms with Crippen molar-refractivity contribution in [2.24, 2.45) is 0 Å². The normalized spacial score (nSPS) is 9.87. The summed E-state index contributed by atoms with van der Waals surface area (Å²) in [6.45, 7) is 4.52. The fourth-order valence-corrected chi connectivity index (χ4v) is 1.19. The summed E-state index contributed by atoms with van der Waals surface area (Å²) >= 11 is 0. The second-order valence-electron chi connectivity index (χ2n) is 3.18. The van der Waals surface area contributed by atoms with Crippen LogP contribution in [-0.4, -0.2) is 23.9 Å². The zero-order valence-electron chi connectivity index (χ0n) is 8.57. The molecule has 4 heteroatoms. The first-order chi connectivity index (χ1) is 7.24. The molecule has 1 aromatic rings. The molecule has 0 aliphatic carbocycles. The number of ketones is 1. The maximum Gasteiger partial charge on any atom is 0.151 e. The second kappa shape index (κ2) is 5.93. The Hall–Kier alpha value is -1.68. The Morgan fingerprint density at radius 3 is 3.13 bits per heavy atom. The Morgan fingerprint density at radius 2 is 2.47 bits per heavy atom. The highest BCUT2D eigenvalue weighted by molar-refractivity contribution is 5.83. The third-order valence-electron chi connectivity index (χ3n) is 1.92. The van der Waals surface area contributed by atoms with Gasteiger partial charge in [0.25, 0.3) is 0 Å². The number of nitrogens with one attached hydrogen (secondary N) is 1. The molecule has 1 aromatic heterocycles. The minimum atomic E-state index is 0.0940. The highest BCUT2D eigenvalue weighted by Crippen LogP contribution is 2.07. The van der Waals surface area contributed by atoms with Crippen molar-refractivity contribution >= 4 is 11.6 Å². The highest BCUT2D eigenvalue weighted by atomic mass is 16.1. The van der Waals surface area contributed by atoms with Crippen molar-refractivity contribution in [2.45, 2.75) is 6.42 Å². The lowest BCUT2D eigenvalue weighted by Gasteiger charge is -2.03. The van der Waals surface area contributed by atoms with Crippen molar-refractivity contribution in [3.05, 3.63) is 36.5 Å². The van der Waals surface area contributed by atoms with Crippen LogP contribution < -0.4 is 11.1 Å². The van der Waals surface area contributed by atoms with Crippen LogP contribution in [0.25, 0.3) is 0 Å². The van der Waals surface area contributed by atoms with Crippen molar-refractivity contribution in [3.63, 3.8) is 0 Å². The van der Waals surface area contributed by atoms with E-state index in [1.54, 1.807) is 18.3 Å².